The maximum Gasteiger partial charge on any atom is 0.262 e. The van der Waals surface area contributed by atoms with Gasteiger partial charge in [-0.05, 0) is 41.7 Å². The molecule has 0 aliphatic rings. The van der Waals surface area contributed by atoms with Crippen LogP contribution in [0.2, 0.25) is 0 Å². The predicted octanol–water partition coefficient (Wildman–Crippen LogP) is 2.12. The average Bonchev–Trinajstić information content (AvgIpc) is 2.93. The number of aromatic nitrogens is 1. The molecule has 0 radical (unpaired) electrons. The number of amides is 1. The first-order chi connectivity index (χ1) is 8.79. The lowest BCUT2D eigenvalue weighted by atomic mass is 10.1. The second-order valence-corrected chi connectivity index (χ2v) is 4.57. The molecule has 0 fully saturated rings. The van der Waals surface area contributed by atoms with Crippen molar-refractivity contribution in [2.45, 2.75) is 6.42 Å². The van der Waals surface area contributed by atoms with Crippen molar-refractivity contribution in [3.8, 4) is 5.75 Å². The molecule has 0 unspecified atom stereocenters. The molecular weight excluding hydrogens is 248 g/mol. The summed E-state index contributed by atoms with van der Waals surface area (Å²) in [5.41, 5.74) is 1.14. The average molecular weight is 262 g/mol. The van der Waals surface area contributed by atoms with Gasteiger partial charge >= 0.3 is 0 Å². The summed E-state index contributed by atoms with van der Waals surface area (Å²) in [4.78, 5) is 12.3. The minimum atomic E-state index is -0.0691. The van der Waals surface area contributed by atoms with Gasteiger partial charge in [-0.25, -0.2) is 4.37 Å². The van der Waals surface area contributed by atoms with Crippen molar-refractivity contribution in [2.75, 3.05) is 13.7 Å². The lowest BCUT2D eigenvalue weighted by Gasteiger charge is -2.05. The zero-order chi connectivity index (χ0) is 12.8. The van der Waals surface area contributed by atoms with Gasteiger partial charge in [0.1, 0.15) is 10.6 Å². The molecule has 94 valence electrons. The molecule has 0 bridgehead atoms. The van der Waals surface area contributed by atoms with E-state index in [4.69, 9.17) is 4.74 Å². The van der Waals surface area contributed by atoms with Crippen molar-refractivity contribution in [1.29, 1.82) is 0 Å². The van der Waals surface area contributed by atoms with Crippen LogP contribution in [0.1, 0.15) is 15.2 Å². The van der Waals surface area contributed by atoms with E-state index in [0.717, 1.165) is 17.7 Å². The van der Waals surface area contributed by atoms with Gasteiger partial charge < -0.3 is 10.1 Å². The fourth-order valence-corrected chi connectivity index (χ4v) is 2.08. The third kappa shape index (κ3) is 3.30. The lowest BCUT2D eigenvalue weighted by Crippen LogP contribution is -2.24. The molecule has 2 rings (SSSR count). The highest BCUT2D eigenvalue weighted by molar-refractivity contribution is 7.08. The second kappa shape index (κ2) is 6.16. The second-order valence-electron chi connectivity index (χ2n) is 3.73. The fourth-order valence-electron chi connectivity index (χ4n) is 1.57. The molecule has 5 heteroatoms. The van der Waals surface area contributed by atoms with Gasteiger partial charge in [0.25, 0.3) is 5.91 Å². The van der Waals surface area contributed by atoms with E-state index in [0.29, 0.717) is 11.4 Å². The van der Waals surface area contributed by atoms with Crippen LogP contribution in [0.5, 0.6) is 5.75 Å². The van der Waals surface area contributed by atoms with Crippen LogP contribution in [0.3, 0.4) is 0 Å². The van der Waals surface area contributed by atoms with E-state index < -0.39 is 0 Å². The molecule has 1 aromatic carbocycles. The molecule has 0 aliphatic carbocycles. The largest absolute Gasteiger partial charge is 0.497 e. The van der Waals surface area contributed by atoms with E-state index in [1.54, 1.807) is 19.4 Å². The first-order valence-corrected chi connectivity index (χ1v) is 6.39. The van der Waals surface area contributed by atoms with Gasteiger partial charge in [0.15, 0.2) is 0 Å². The van der Waals surface area contributed by atoms with Crippen LogP contribution in [-0.4, -0.2) is 23.9 Å². The Balaban J connectivity index is 1.83. The van der Waals surface area contributed by atoms with Crippen molar-refractivity contribution in [1.82, 2.24) is 9.69 Å². The zero-order valence-corrected chi connectivity index (χ0v) is 10.9. The monoisotopic (exact) mass is 262 g/mol. The minimum Gasteiger partial charge on any atom is -0.497 e. The number of methoxy groups -OCH3 is 1. The van der Waals surface area contributed by atoms with Crippen LogP contribution in [0.4, 0.5) is 0 Å². The molecule has 18 heavy (non-hydrogen) atoms. The van der Waals surface area contributed by atoms with Gasteiger partial charge in [-0.2, -0.15) is 0 Å². The van der Waals surface area contributed by atoms with Crippen LogP contribution in [0.15, 0.2) is 36.5 Å². The summed E-state index contributed by atoms with van der Waals surface area (Å²) >= 11 is 1.20. The highest BCUT2D eigenvalue weighted by Gasteiger charge is 2.06. The SMILES string of the molecule is COc1cccc(CCNC(=O)c2ccns2)c1. The van der Waals surface area contributed by atoms with Gasteiger partial charge in [-0.1, -0.05) is 12.1 Å². The molecule has 1 amide bonds. The number of ether oxygens (including phenoxy) is 1. The third-order valence-electron chi connectivity index (χ3n) is 2.49. The maximum atomic E-state index is 11.7. The molecule has 1 aromatic heterocycles. The summed E-state index contributed by atoms with van der Waals surface area (Å²) in [6.45, 7) is 0.601. The molecule has 1 N–H and O–H groups in total. The van der Waals surface area contributed by atoms with Crippen molar-refractivity contribution in [2.24, 2.45) is 0 Å². The van der Waals surface area contributed by atoms with Crippen molar-refractivity contribution >= 4 is 17.4 Å². The molecule has 1 heterocycles. The van der Waals surface area contributed by atoms with E-state index in [1.165, 1.54) is 11.5 Å². The van der Waals surface area contributed by atoms with Gasteiger partial charge in [-0.15, -0.1) is 0 Å². The van der Waals surface area contributed by atoms with Gasteiger partial charge in [0, 0.05) is 12.7 Å². The number of nitrogens with one attached hydrogen (secondary N) is 1. The molecular formula is C13H14N2O2S. The number of carbonyl (C=O) groups is 1. The Hall–Kier alpha value is -1.88. The quantitative estimate of drug-likeness (QED) is 0.898. The Labute approximate surface area is 110 Å². The Bertz CT molecular complexity index is 511. The molecule has 4 nitrogen and oxygen atoms in total. The Morgan fingerprint density at radius 2 is 2.33 bits per heavy atom. The van der Waals surface area contributed by atoms with E-state index in [1.807, 2.05) is 24.3 Å². The molecule has 0 saturated heterocycles. The number of hydrogen-bond acceptors (Lipinski definition) is 4. The fraction of sp³-hybridized carbons (Fsp3) is 0.231. The molecule has 0 saturated carbocycles. The Morgan fingerprint density at radius 1 is 1.44 bits per heavy atom. The van der Waals surface area contributed by atoms with E-state index in [2.05, 4.69) is 9.69 Å². The van der Waals surface area contributed by atoms with E-state index in [9.17, 15) is 4.79 Å². The summed E-state index contributed by atoms with van der Waals surface area (Å²) < 4.78 is 9.04. The predicted molar refractivity (Wildman–Crippen MR) is 71.1 cm³/mol. The third-order valence-corrected chi connectivity index (χ3v) is 3.24. The highest BCUT2D eigenvalue weighted by Crippen LogP contribution is 2.12. The first-order valence-electron chi connectivity index (χ1n) is 5.61. The summed E-state index contributed by atoms with van der Waals surface area (Å²) in [7, 11) is 1.64. The summed E-state index contributed by atoms with van der Waals surface area (Å²) in [6, 6.07) is 9.55. The minimum absolute atomic E-state index is 0.0691. The molecule has 0 atom stereocenters. The van der Waals surface area contributed by atoms with Crippen LogP contribution in [0, 0.1) is 0 Å². The van der Waals surface area contributed by atoms with Crippen molar-refractivity contribution < 1.29 is 9.53 Å². The maximum absolute atomic E-state index is 11.7. The van der Waals surface area contributed by atoms with Crippen LogP contribution >= 0.6 is 11.5 Å². The number of nitrogens with zero attached hydrogens (tertiary/aromatic N) is 1. The van der Waals surface area contributed by atoms with Crippen LogP contribution < -0.4 is 10.1 Å². The van der Waals surface area contributed by atoms with Gasteiger partial charge in [0.2, 0.25) is 0 Å². The van der Waals surface area contributed by atoms with E-state index in [-0.39, 0.29) is 5.91 Å². The standard InChI is InChI=1S/C13H14N2O2S/c1-17-11-4-2-3-10(9-11)5-7-14-13(16)12-6-8-15-18-12/h2-4,6,8-9H,5,7H2,1H3,(H,14,16). The summed E-state index contributed by atoms with van der Waals surface area (Å²) in [5.74, 6) is 0.765. The first kappa shape index (κ1) is 12.6. The molecule has 0 spiro atoms. The zero-order valence-electron chi connectivity index (χ0n) is 10.1. The molecule has 0 aliphatic heterocycles. The Kier molecular flexibility index (Phi) is 4.30. The summed E-state index contributed by atoms with van der Waals surface area (Å²) in [6.07, 6.45) is 2.41. The Morgan fingerprint density at radius 3 is 3.06 bits per heavy atom. The number of rotatable bonds is 5. The summed E-state index contributed by atoms with van der Waals surface area (Å²) in [5, 5.41) is 2.86. The number of benzene rings is 1. The van der Waals surface area contributed by atoms with Crippen molar-refractivity contribution in [3.63, 3.8) is 0 Å². The van der Waals surface area contributed by atoms with Crippen LogP contribution in [0.25, 0.3) is 0 Å². The van der Waals surface area contributed by atoms with Crippen molar-refractivity contribution in [3.05, 3.63) is 47.0 Å². The van der Waals surface area contributed by atoms with Gasteiger partial charge in [-0.3, -0.25) is 4.79 Å². The lowest BCUT2D eigenvalue weighted by molar-refractivity contribution is 0.0958. The smallest absolute Gasteiger partial charge is 0.262 e. The molecule has 2 aromatic rings. The topological polar surface area (TPSA) is 51.2 Å². The highest BCUT2D eigenvalue weighted by atomic mass is 32.1. The normalized spacial score (nSPS) is 10.1. The number of hydrogen-bond donors (Lipinski definition) is 1. The van der Waals surface area contributed by atoms with Gasteiger partial charge in [0.05, 0.1) is 7.11 Å². The van der Waals surface area contributed by atoms with Crippen LogP contribution in [-0.2, 0) is 6.42 Å². The number of carbonyl (C=O) groups excluding carboxylic acids is 1. The van der Waals surface area contributed by atoms with E-state index >= 15 is 0 Å².